The van der Waals surface area contributed by atoms with Gasteiger partial charge in [0.15, 0.2) is 6.61 Å². The Balaban J connectivity index is 1.31. The molecular weight excluding hydrogens is 382 g/mol. The van der Waals surface area contributed by atoms with Gasteiger partial charge in [-0.15, -0.1) is 0 Å². The van der Waals surface area contributed by atoms with Crippen LogP contribution < -0.4 is 19.9 Å². The summed E-state index contributed by atoms with van der Waals surface area (Å²) in [6.07, 6.45) is 3.95. The summed E-state index contributed by atoms with van der Waals surface area (Å²) in [4.78, 5) is 39.7. The molecule has 0 radical (unpaired) electrons. The average Bonchev–Trinajstić information content (AvgIpc) is 3.19. The number of piperidine rings is 1. The van der Waals surface area contributed by atoms with Crippen LogP contribution in [-0.2, 0) is 14.4 Å². The van der Waals surface area contributed by atoms with Crippen molar-refractivity contribution in [2.75, 3.05) is 34.8 Å². The van der Waals surface area contributed by atoms with Crippen LogP contribution in [0.2, 0.25) is 0 Å². The smallest absolute Gasteiger partial charge is 0.262 e. The lowest BCUT2D eigenvalue weighted by molar-refractivity contribution is -0.119. The Hall–Kier alpha value is -3.35. The Bertz CT molecular complexity index is 942. The molecule has 7 heteroatoms. The lowest BCUT2D eigenvalue weighted by Gasteiger charge is -2.27. The summed E-state index contributed by atoms with van der Waals surface area (Å²) in [5.41, 5.74) is 2.27. The number of hydrogen-bond donors (Lipinski definition) is 1. The monoisotopic (exact) mass is 407 g/mol. The number of hydrogen-bond acceptors (Lipinski definition) is 4. The minimum Gasteiger partial charge on any atom is -0.484 e. The van der Waals surface area contributed by atoms with E-state index in [0.717, 1.165) is 37.2 Å². The van der Waals surface area contributed by atoms with E-state index in [0.29, 0.717) is 30.8 Å². The van der Waals surface area contributed by atoms with Crippen LogP contribution in [0.1, 0.15) is 32.1 Å². The maximum absolute atomic E-state index is 12.3. The highest BCUT2D eigenvalue weighted by atomic mass is 16.5. The van der Waals surface area contributed by atoms with Crippen LogP contribution in [0.25, 0.3) is 0 Å². The maximum atomic E-state index is 12.3. The Kier molecular flexibility index (Phi) is 5.97. The van der Waals surface area contributed by atoms with Crippen molar-refractivity contribution in [3.05, 3.63) is 48.5 Å². The molecule has 2 saturated heterocycles. The molecule has 2 heterocycles. The van der Waals surface area contributed by atoms with Gasteiger partial charge in [-0.05, 0) is 61.7 Å². The van der Waals surface area contributed by atoms with E-state index in [1.54, 1.807) is 28.0 Å². The van der Waals surface area contributed by atoms with Crippen LogP contribution in [0, 0.1) is 0 Å². The zero-order valence-corrected chi connectivity index (χ0v) is 16.8. The molecule has 1 N–H and O–H groups in total. The van der Waals surface area contributed by atoms with Gasteiger partial charge in [-0.25, -0.2) is 0 Å². The number of amides is 3. The Morgan fingerprint density at radius 2 is 1.57 bits per heavy atom. The van der Waals surface area contributed by atoms with Gasteiger partial charge < -0.3 is 19.9 Å². The van der Waals surface area contributed by atoms with Crippen LogP contribution in [0.15, 0.2) is 48.5 Å². The number of rotatable bonds is 6. The topological polar surface area (TPSA) is 79.0 Å². The van der Waals surface area contributed by atoms with E-state index in [4.69, 9.17) is 4.74 Å². The number of nitrogens with one attached hydrogen (secondary N) is 1. The lowest BCUT2D eigenvalue weighted by atomic mass is 10.1. The number of carbonyl (C=O) groups is 3. The zero-order valence-electron chi connectivity index (χ0n) is 16.8. The molecule has 4 rings (SSSR count). The summed E-state index contributed by atoms with van der Waals surface area (Å²) in [5, 5.41) is 2.81. The molecular formula is C23H25N3O4. The first kappa shape index (κ1) is 19.9. The summed E-state index contributed by atoms with van der Waals surface area (Å²) in [6.45, 7) is 1.32. The molecule has 3 amide bonds. The second kappa shape index (κ2) is 8.98. The molecule has 0 bridgehead atoms. The first-order valence-electron chi connectivity index (χ1n) is 10.3. The van der Waals surface area contributed by atoms with Crippen molar-refractivity contribution in [1.29, 1.82) is 0 Å². The highest BCUT2D eigenvalue weighted by Crippen LogP contribution is 2.25. The number of ether oxygens (including phenoxy) is 1. The van der Waals surface area contributed by atoms with E-state index < -0.39 is 0 Å². The van der Waals surface area contributed by atoms with Gasteiger partial charge in [-0.1, -0.05) is 6.07 Å². The summed E-state index contributed by atoms with van der Waals surface area (Å²) in [5.74, 6) is 0.535. The third kappa shape index (κ3) is 4.62. The quantitative estimate of drug-likeness (QED) is 0.797. The van der Waals surface area contributed by atoms with Gasteiger partial charge in [0.05, 0.1) is 0 Å². The second-order valence-corrected chi connectivity index (χ2v) is 7.53. The van der Waals surface area contributed by atoms with Crippen molar-refractivity contribution in [1.82, 2.24) is 0 Å². The molecule has 0 aromatic heterocycles. The van der Waals surface area contributed by atoms with E-state index in [1.807, 2.05) is 30.3 Å². The average molecular weight is 407 g/mol. The Morgan fingerprint density at radius 1 is 0.867 bits per heavy atom. The summed E-state index contributed by atoms with van der Waals surface area (Å²) >= 11 is 0. The number of carbonyl (C=O) groups excluding carboxylic acids is 3. The number of benzene rings is 2. The maximum Gasteiger partial charge on any atom is 0.262 e. The first-order valence-corrected chi connectivity index (χ1v) is 10.3. The fraction of sp³-hybridized carbons (Fsp3) is 0.348. The molecule has 2 aromatic rings. The van der Waals surface area contributed by atoms with E-state index >= 15 is 0 Å². The van der Waals surface area contributed by atoms with Crippen LogP contribution in [-0.4, -0.2) is 37.4 Å². The van der Waals surface area contributed by atoms with Crippen LogP contribution in [0.5, 0.6) is 5.75 Å². The normalized spacial score (nSPS) is 16.7. The number of nitrogens with zero attached hydrogens (tertiary/aromatic N) is 2. The molecule has 0 spiro atoms. The third-order valence-corrected chi connectivity index (χ3v) is 5.36. The third-order valence-electron chi connectivity index (χ3n) is 5.36. The molecule has 7 nitrogen and oxygen atoms in total. The fourth-order valence-corrected chi connectivity index (χ4v) is 3.82. The lowest BCUT2D eigenvalue weighted by Crippen LogP contribution is -2.35. The summed E-state index contributed by atoms with van der Waals surface area (Å²) < 4.78 is 5.57. The standard InChI is InChI=1S/C23H25N3O4/c27-21(16-30-20-11-9-18(10-12-20)25-14-4-8-23(25)29)24-17-5-3-6-19(15-17)26-13-2-1-7-22(26)28/h3,5-6,9-12,15H,1-2,4,7-8,13-14,16H2,(H,24,27). The molecule has 0 saturated carbocycles. The van der Waals surface area contributed by atoms with Crippen LogP contribution in [0.3, 0.4) is 0 Å². The SMILES string of the molecule is O=C(COc1ccc(N2CCCC2=O)cc1)Nc1cccc(N2CCCCC2=O)c1. The van der Waals surface area contributed by atoms with E-state index in [-0.39, 0.29) is 24.3 Å². The molecule has 156 valence electrons. The van der Waals surface area contributed by atoms with Crippen molar-refractivity contribution in [3.63, 3.8) is 0 Å². The predicted octanol–water partition coefficient (Wildman–Crippen LogP) is 3.35. The van der Waals surface area contributed by atoms with Crippen molar-refractivity contribution >= 4 is 34.8 Å². The van der Waals surface area contributed by atoms with Gasteiger partial charge in [-0.3, -0.25) is 14.4 Å². The van der Waals surface area contributed by atoms with Crippen molar-refractivity contribution < 1.29 is 19.1 Å². The van der Waals surface area contributed by atoms with Gasteiger partial charge in [0, 0.05) is 43.0 Å². The van der Waals surface area contributed by atoms with Gasteiger partial charge in [0.25, 0.3) is 5.91 Å². The largest absolute Gasteiger partial charge is 0.484 e. The van der Waals surface area contributed by atoms with Gasteiger partial charge in [0.1, 0.15) is 5.75 Å². The molecule has 2 aliphatic rings. The first-order chi connectivity index (χ1) is 14.6. The Labute approximate surface area is 175 Å². The molecule has 2 aromatic carbocycles. The molecule has 2 aliphatic heterocycles. The van der Waals surface area contributed by atoms with Gasteiger partial charge in [-0.2, -0.15) is 0 Å². The summed E-state index contributed by atoms with van der Waals surface area (Å²) in [6, 6.07) is 14.5. The minimum absolute atomic E-state index is 0.118. The highest BCUT2D eigenvalue weighted by Gasteiger charge is 2.22. The van der Waals surface area contributed by atoms with E-state index in [9.17, 15) is 14.4 Å². The molecule has 2 fully saturated rings. The molecule has 0 aliphatic carbocycles. The van der Waals surface area contributed by atoms with Gasteiger partial charge in [0.2, 0.25) is 11.8 Å². The minimum atomic E-state index is -0.282. The second-order valence-electron chi connectivity index (χ2n) is 7.53. The van der Waals surface area contributed by atoms with Crippen LogP contribution >= 0.6 is 0 Å². The predicted molar refractivity (Wildman–Crippen MR) is 115 cm³/mol. The molecule has 0 atom stereocenters. The van der Waals surface area contributed by atoms with E-state index in [1.165, 1.54) is 0 Å². The van der Waals surface area contributed by atoms with Crippen molar-refractivity contribution in [2.24, 2.45) is 0 Å². The number of anilines is 3. The molecule has 0 unspecified atom stereocenters. The van der Waals surface area contributed by atoms with E-state index in [2.05, 4.69) is 5.32 Å². The highest BCUT2D eigenvalue weighted by molar-refractivity contribution is 5.96. The fourth-order valence-electron chi connectivity index (χ4n) is 3.82. The van der Waals surface area contributed by atoms with Gasteiger partial charge >= 0.3 is 0 Å². The van der Waals surface area contributed by atoms with Crippen molar-refractivity contribution in [2.45, 2.75) is 32.1 Å². The Morgan fingerprint density at radius 3 is 2.30 bits per heavy atom. The van der Waals surface area contributed by atoms with Crippen LogP contribution in [0.4, 0.5) is 17.1 Å². The summed E-state index contributed by atoms with van der Waals surface area (Å²) in [7, 11) is 0. The molecule has 30 heavy (non-hydrogen) atoms. The van der Waals surface area contributed by atoms with Crippen molar-refractivity contribution in [3.8, 4) is 5.75 Å². The zero-order chi connectivity index (χ0) is 20.9.